The van der Waals surface area contributed by atoms with Crippen LogP contribution in [0.1, 0.15) is 75.1 Å². The van der Waals surface area contributed by atoms with E-state index in [-0.39, 0.29) is 23.4 Å². The number of phenols is 1. The fourth-order valence-electron chi connectivity index (χ4n) is 4.86. The molecule has 0 radical (unpaired) electrons. The molecule has 4 rings (SSSR count). The van der Waals surface area contributed by atoms with Gasteiger partial charge in [0.1, 0.15) is 17.4 Å². The highest BCUT2D eigenvalue weighted by Crippen LogP contribution is 2.42. The molecule has 1 aromatic heterocycles. The lowest BCUT2D eigenvalue weighted by Gasteiger charge is -2.28. The van der Waals surface area contributed by atoms with Gasteiger partial charge in [0.15, 0.2) is 0 Å². The Morgan fingerprint density at radius 1 is 1.07 bits per heavy atom. The van der Waals surface area contributed by atoms with E-state index in [1.807, 2.05) is 26.0 Å². The molecule has 1 fully saturated rings. The van der Waals surface area contributed by atoms with E-state index in [9.17, 15) is 9.90 Å². The number of phenolic OH excluding ortho intramolecular Hbond substituents is 1. The number of nitrogens with zero attached hydrogens (tertiary/aromatic N) is 1. The number of ketones is 1. The first-order chi connectivity index (χ1) is 14.0. The molecule has 1 saturated carbocycles. The van der Waals surface area contributed by atoms with Gasteiger partial charge < -0.3 is 15.0 Å². The van der Waals surface area contributed by atoms with Gasteiger partial charge in [0, 0.05) is 24.4 Å². The fourth-order valence-corrected chi connectivity index (χ4v) is 4.86. The molecule has 0 saturated heterocycles. The SMILES string of the molecule is C=C1c2c(cc(NC3CCCCCC3)n2Cc2ccc(O)cc2)C(C)C(=O)C1C. The Morgan fingerprint density at radius 3 is 2.38 bits per heavy atom. The van der Waals surface area contributed by atoms with Crippen LogP contribution in [0.2, 0.25) is 0 Å². The van der Waals surface area contributed by atoms with Crippen molar-refractivity contribution in [2.24, 2.45) is 5.92 Å². The summed E-state index contributed by atoms with van der Waals surface area (Å²) in [4.78, 5) is 12.7. The van der Waals surface area contributed by atoms with E-state index in [1.54, 1.807) is 12.1 Å². The van der Waals surface area contributed by atoms with Crippen LogP contribution in [0.5, 0.6) is 5.75 Å². The van der Waals surface area contributed by atoms with Gasteiger partial charge in [-0.1, -0.05) is 58.2 Å². The minimum Gasteiger partial charge on any atom is -0.508 e. The Balaban J connectivity index is 1.75. The normalized spacial score (nSPS) is 23.0. The van der Waals surface area contributed by atoms with E-state index in [0.717, 1.165) is 28.2 Å². The van der Waals surface area contributed by atoms with Gasteiger partial charge in [-0.15, -0.1) is 0 Å². The minimum absolute atomic E-state index is 0.110. The highest BCUT2D eigenvalue weighted by molar-refractivity contribution is 6.01. The van der Waals surface area contributed by atoms with Crippen LogP contribution in [0.15, 0.2) is 36.9 Å². The average Bonchev–Trinajstić information content (AvgIpc) is 2.88. The minimum atomic E-state index is -0.156. The number of hydrogen-bond acceptors (Lipinski definition) is 3. The predicted molar refractivity (Wildman–Crippen MR) is 118 cm³/mol. The Bertz CT molecular complexity index is 902. The second-order valence-electron chi connectivity index (χ2n) is 8.79. The maximum atomic E-state index is 12.7. The molecule has 0 bridgehead atoms. The lowest BCUT2D eigenvalue weighted by Crippen LogP contribution is -2.26. The zero-order valence-corrected chi connectivity index (χ0v) is 17.6. The van der Waals surface area contributed by atoms with Crippen LogP contribution in [0.3, 0.4) is 0 Å². The number of anilines is 1. The second-order valence-corrected chi connectivity index (χ2v) is 8.79. The fraction of sp³-hybridized carbons (Fsp3) is 0.480. The van der Waals surface area contributed by atoms with Crippen molar-refractivity contribution >= 4 is 17.2 Å². The quantitative estimate of drug-likeness (QED) is 0.655. The first-order valence-electron chi connectivity index (χ1n) is 11.0. The van der Waals surface area contributed by atoms with Gasteiger partial charge in [-0.25, -0.2) is 0 Å². The van der Waals surface area contributed by atoms with Crippen molar-refractivity contribution in [3.8, 4) is 5.75 Å². The highest BCUT2D eigenvalue weighted by Gasteiger charge is 2.36. The van der Waals surface area contributed by atoms with Crippen LogP contribution in [-0.4, -0.2) is 21.5 Å². The summed E-state index contributed by atoms with van der Waals surface area (Å²) in [5, 5.41) is 13.5. The third-order valence-electron chi connectivity index (χ3n) is 6.76. The van der Waals surface area contributed by atoms with Crippen molar-refractivity contribution in [3.63, 3.8) is 0 Å². The molecular weight excluding hydrogens is 360 g/mol. The Morgan fingerprint density at radius 2 is 1.72 bits per heavy atom. The number of carbonyl (C=O) groups is 1. The van der Waals surface area contributed by atoms with Crippen molar-refractivity contribution < 1.29 is 9.90 Å². The van der Waals surface area contributed by atoms with Crippen LogP contribution in [-0.2, 0) is 11.3 Å². The summed E-state index contributed by atoms with van der Waals surface area (Å²) >= 11 is 0. The van der Waals surface area contributed by atoms with Crippen LogP contribution in [0.4, 0.5) is 5.82 Å². The lowest BCUT2D eigenvalue weighted by molar-refractivity contribution is -0.122. The Labute approximate surface area is 173 Å². The van der Waals surface area contributed by atoms with E-state index in [2.05, 4.69) is 22.5 Å². The molecule has 2 aromatic rings. The number of fused-ring (bicyclic) bond motifs is 1. The van der Waals surface area contributed by atoms with E-state index >= 15 is 0 Å². The summed E-state index contributed by atoms with van der Waals surface area (Å²) in [6, 6.07) is 10.0. The summed E-state index contributed by atoms with van der Waals surface area (Å²) < 4.78 is 2.30. The van der Waals surface area contributed by atoms with Gasteiger partial charge in [0.25, 0.3) is 0 Å². The molecule has 2 aliphatic rings. The summed E-state index contributed by atoms with van der Waals surface area (Å²) in [5.41, 5.74) is 4.23. The number of hydrogen-bond donors (Lipinski definition) is 2. The largest absolute Gasteiger partial charge is 0.508 e. The molecule has 2 N–H and O–H groups in total. The molecule has 0 amide bonds. The number of Topliss-reactive ketones (excluding diaryl/α,β-unsaturated/α-hetero) is 1. The molecule has 0 aliphatic heterocycles. The molecule has 2 aliphatic carbocycles. The number of aromatic nitrogens is 1. The first kappa shape index (κ1) is 19.8. The molecule has 2 atom stereocenters. The van der Waals surface area contributed by atoms with Crippen molar-refractivity contribution in [1.82, 2.24) is 4.57 Å². The second kappa shape index (κ2) is 8.10. The number of allylic oxidation sites excluding steroid dienone is 1. The maximum Gasteiger partial charge on any atom is 0.147 e. The number of rotatable bonds is 4. The summed E-state index contributed by atoms with van der Waals surface area (Å²) in [6.07, 6.45) is 7.58. The molecule has 2 unspecified atom stereocenters. The molecular formula is C25H32N2O2. The maximum absolute atomic E-state index is 12.7. The van der Waals surface area contributed by atoms with Crippen molar-refractivity contribution in [1.29, 1.82) is 0 Å². The number of aromatic hydroxyl groups is 1. The molecule has 29 heavy (non-hydrogen) atoms. The summed E-state index contributed by atoms with van der Waals surface area (Å²) in [6.45, 7) is 8.99. The molecule has 4 heteroatoms. The summed E-state index contributed by atoms with van der Waals surface area (Å²) in [7, 11) is 0. The van der Waals surface area contributed by atoms with E-state index in [0.29, 0.717) is 12.6 Å². The Kier molecular flexibility index (Phi) is 5.53. The zero-order valence-electron chi connectivity index (χ0n) is 17.6. The standard InChI is InChI=1S/C25H32N2O2/c1-16-17(2)25(29)18(3)22-14-23(26-20-8-6-4-5-7-9-20)27(24(16)22)15-19-10-12-21(28)13-11-19/h10-14,17-18,20,26,28H,1,4-9,15H2,2-3H3. The van der Waals surface area contributed by atoms with Gasteiger partial charge in [-0.3, -0.25) is 4.79 Å². The van der Waals surface area contributed by atoms with Crippen LogP contribution >= 0.6 is 0 Å². The monoisotopic (exact) mass is 392 g/mol. The zero-order chi connectivity index (χ0) is 20.5. The van der Waals surface area contributed by atoms with E-state index < -0.39 is 0 Å². The molecule has 1 heterocycles. The Hall–Kier alpha value is -2.49. The third kappa shape index (κ3) is 3.85. The topological polar surface area (TPSA) is 54.3 Å². The number of nitrogens with one attached hydrogen (secondary N) is 1. The van der Waals surface area contributed by atoms with Crippen LogP contribution in [0, 0.1) is 5.92 Å². The number of carbonyl (C=O) groups excluding carboxylic acids is 1. The van der Waals surface area contributed by atoms with Gasteiger partial charge in [-0.05, 0) is 47.7 Å². The van der Waals surface area contributed by atoms with Crippen molar-refractivity contribution in [3.05, 3.63) is 53.7 Å². The lowest BCUT2D eigenvalue weighted by atomic mass is 9.78. The molecule has 4 nitrogen and oxygen atoms in total. The van der Waals surface area contributed by atoms with Gasteiger partial charge in [0.05, 0.1) is 5.69 Å². The molecule has 0 spiro atoms. The van der Waals surface area contributed by atoms with Crippen LogP contribution in [0.25, 0.3) is 5.57 Å². The third-order valence-corrected chi connectivity index (χ3v) is 6.76. The highest BCUT2D eigenvalue weighted by atomic mass is 16.3. The van der Waals surface area contributed by atoms with Crippen molar-refractivity contribution in [2.75, 3.05) is 5.32 Å². The van der Waals surface area contributed by atoms with Crippen molar-refractivity contribution in [2.45, 2.75) is 70.9 Å². The molecule has 1 aromatic carbocycles. The first-order valence-corrected chi connectivity index (χ1v) is 11.0. The molecule has 154 valence electrons. The smallest absolute Gasteiger partial charge is 0.147 e. The van der Waals surface area contributed by atoms with Gasteiger partial charge >= 0.3 is 0 Å². The van der Waals surface area contributed by atoms with Gasteiger partial charge in [-0.2, -0.15) is 0 Å². The predicted octanol–water partition coefficient (Wildman–Crippen LogP) is 5.71. The number of benzene rings is 1. The van der Waals surface area contributed by atoms with Gasteiger partial charge in [0.2, 0.25) is 0 Å². The van der Waals surface area contributed by atoms with E-state index in [1.165, 1.54) is 38.5 Å². The van der Waals surface area contributed by atoms with Crippen LogP contribution < -0.4 is 5.32 Å². The van der Waals surface area contributed by atoms with E-state index in [4.69, 9.17) is 0 Å². The average molecular weight is 393 g/mol. The summed E-state index contributed by atoms with van der Waals surface area (Å²) in [5.74, 6) is 1.35.